The van der Waals surface area contributed by atoms with Gasteiger partial charge in [-0.1, -0.05) is 78.9 Å². The molecule has 4 aromatic rings. The minimum Gasteiger partial charge on any atom is -0.497 e. The Morgan fingerprint density at radius 1 is 0.657 bits per heavy atom. The van der Waals surface area contributed by atoms with Crippen LogP contribution < -0.4 is 14.5 Å². The summed E-state index contributed by atoms with van der Waals surface area (Å²) in [5.74, 6) is 0.406. The minimum atomic E-state index is -1.28. The van der Waals surface area contributed by atoms with Crippen LogP contribution in [0.1, 0.15) is 16.7 Å². The molecule has 1 spiro atoms. The number of benzene rings is 4. The molecule has 2 aliphatic rings. The average Bonchev–Trinajstić information content (AvgIpc) is 3.15. The largest absolute Gasteiger partial charge is 0.497 e. The third-order valence-corrected chi connectivity index (χ3v) is 7.42. The number of hydrogen-bond acceptors (Lipinski definition) is 3. The summed E-state index contributed by atoms with van der Waals surface area (Å²) < 4.78 is 5.34. The second kappa shape index (κ2) is 7.57. The number of fused-ring (bicyclic) bond motifs is 2. The second-order valence-electron chi connectivity index (χ2n) is 8.91. The van der Waals surface area contributed by atoms with E-state index in [1.807, 2.05) is 109 Å². The molecule has 2 aliphatic heterocycles. The first kappa shape index (κ1) is 21.2. The van der Waals surface area contributed by atoms with Crippen molar-refractivity contribution in [3.8, 4) is 5.75 Å². The first-order valence-electron chi connectivity index (χ1n) is 11.6. The molecule has 0 aromatic heterocycles. The summed E-state index contributed by atoms with van der Waals surface area (Å²) in [6.07, 6.45) is 0. The zero-order chi connectivity index (χ0) is 24.2. The van der Waals surface area contributed by atoms with Gasteiger partial charge in [0, 0.05) is 24.0 Å². The maximum Gasteiger partial charge on any atom is 0.259 e. The van der Waals surface area contributed by atoms with Crippen LogP contribution in [0, 0.1) is 0 Å². The van der Waals surface area contributed by atoms with E-state index < -0.39 is 11.0 Å². The van der Waals surface area contributed by atoms with Crippen molar-refractivity contribution in [2.75, 3.05) is 24.0 Å². The SMILES string of the molecule is COc1ccc(N2C(=O)C(c3ccccc3)(c3ccccc3)C23C(=O)N(C)c2ccccc23)cc1. The number of β-lactam (4-membered cyclic amide) rings is 1. The molecule has 0 aliphatic carbocycles. The summed E-state index contributed by atoms with van der Waals surface area (Å²) in [4.78, 5) is 32.4. The molecular formula is C30H24N2O3. The van der Waals surface area contributed by atoms with E-state index in [4.69, 9.17) is 4.74 Å². The highest BCUT2D eigenvalue weighted by Crippen LogP contribution is 2.65. The fourth-order valence-corrected chi connectivity index (χ4v) is 5.96. The molecule has 35 heavy (non-hydrogen) atoms. The molecule has 0 radical (unpaired) electrons. The van der Waals surface area contributed by atoms with E-state index in [1.54, 1.807) is 24.0 Å². The number of anilines is 2. The standard InChI is InChI=1S/C30H24N2O3/c1-31-26-16-10-9-15-25(26)30(28(31)34)29(21-11-5-3-6-12-21,22-13-7-4-8-14-22)27(33)32(30)23-17-19-24(35-2)20-18-23/h3-20H,1-2H3. The molecule has 2 heterocycles. The first-order valence-corrected chi connectivity index (χ1v) is 11.6. The van der Waals surface area contributed by atoms with E-state index in [2.05, 4.69) is 0 Å². The van der Waals surface area contributed by atoms with Crippen LogP contribution in [0.4, 0.5) is 11.4 Å². The third-order valence-electron chi connectivity index (χ3n) is 7.42. The van der Waals surface area contributed by atoms with E-state index in [1.165, 1.54) is 0 Å². The van der Waals surface area contributed by atoms with Crippen molar-refractivity contribution in [3.05, 3.63) is 126 Å². The van der Waals surface area contributed by atoms with Crippen LogP contribution in [0.5, 0.6) is 5.75 Å². The van der Waals surface area contributed by atoms with Crippen molar-refractivity contribution in [1.29, 1.82) is 0 Å². The molecular weight excluding hydrogens is 436 g/mol. The van der Waals surface area contributed by atoms with Crippen molar-refractivity contribution in [2.45, 2.75) is 11.0 Å². The van der Waals surface area contributed by atoms with Crippen LogP contribution in [0.15, 0.2) is 109 Å². The number of para-hydroxylation sites is 1. The van der Waals surface area contributed by atoms with Crippen LogP contribution in [0.3, 0.4) is 0 Å². The zero-order valence-electron chi connectivity index (χ0n) is 19.5. The van der Waals surface area contributed by atoms with Gasteiger partial charge in [0.15, 0.2) is 5.54 Å². The molecule has 1 fully saturated rings. The molecule has 5 nitrogen and oxygen atoms in total. The van der Waals surface area contributed by atoms with Crippen molar-refractivity contribution in [2.24, 2.45) is 0 Å². The van der Waals surface area contributed by atoms with Gasteiger partial charge in [-0.2, -0.15) is 0 Å². The molecule has 2 amide bonds. The molecule has 1 atom stereocenters. The van der Waals surface area contributed by atoms with Crippen LogP contribution in [0.2, 0.25) is 0 Å². The maximum absolute atomic E-state index is 14.6. The number of rotatable bonds is 4. The van der Waals surface area contributed by atoms with Gasteiger partial charge in [-0.05, 0) is 41.5 Å². The maximum atomic E-state index is 14.6. The lowest BCUT2D eigenvalue weighted by Gasteiger charge is -2.62. The van der Waals surface area contributed by atoms with Crippen LogP contribution in [0.25, 0.3) is 0 Å². The van der Waals surface area contributed by atoms with Gasteiger partial charge in [-0.3, -0.25) is 14.5 Å². The van der Waals surface area contributed by atoms with Crippen molar-refractivity contribution >= 4 is 23.2 Å². The highest BCUT2D eigenvalue weighted by Gasteiger charge is 2.80. The van der Waals surface area contributed by atoms with Gasteiger partial charge in [0.05, 0.1) is 7.11 Å². The molecule has 0 N–H and O–H groups in total. The van der Waals surface area contributed by atoms with Crippen molar-refractivity contribution in [1.82, 2.24) is 0 Å². The van der Waals surface area contributed by atoms with E-state index in [0.717, 1.165) is 22.4 Å². The summed E-state index contributed by atoms with van der Waals surface area (Å²) in [7, 11) is 3.39. The van der Waals surface area contributed by atoms with E-state index >= 15 is 0 Å². The summed E-state index contributed by atoms with van der Waals surface area (Å²) >= 11 is 0. The van der Waals surface area contributed by atoms with Crippen LogP contribution in [-0.2, 0) is 20.5 Å². The van der Waals surface area contributed by atoms with Crippen molar-refractivity contribution < 1.29 is 14.3 Å². The highest BCUT2D eigenvalue weighted by atomic mass is 16.5. The smallest absolute Gasteiger partial charge is 0.259 e. The quantitative estimate of drug-likeness (QED) is 0.407. The lowest BCUT2D eigenvalue weighted by atomic mass is 9.51. The summed E-state index contributed by atoms with van der Waals surface area (Å²) in [5, 5.41) is 0. The monoisotopic (exact) mass is 460 g/mol. The number of carbonyl (C=O) groups is 2. The second-order valence-corrected chi connectivity index (χ2v) is 8.91. The molecule has 172 valence electrons. The van der Waals surface area contributed by atoms with E-state index in [-0.39, 0.29) is 11.8 Å². The van der Waals surface area contributed by atoms with Gasteiger partial charge in [-0.15, -0.1) is 0 Å². The Morgan fingerprint density at radius 3 is 1.77 bits per heavy atom. The summed E-state index contributed by atoms with van der Waals surface area (Å²) in [6.45, 7) is 0. The van der Waals surface area contributed by atoms with Gasteiger partial charge in [0.25, 0.3) is 5.91 Å². The molecule has 0 bridgehead atoms. The van der Waals surface area contributed by atoms with Gasteiger partial charge >= 0.3 is 0 Å². The topological polar surface area (TPSA) is 49.9 Å². The lowest BCUT2D eigenvalue weighted by Crippen LogP contribution is -2.81. The van der Waals surface area contributed by atoms with Gasteiger partial charge in [-0.25, -0.2) is 0 Å². The van der Waals surface area contributed by atoms with Gasteiger partial charge < -0.3 is 9.64 Å². The fourth-order valence-electron chi connectivity index (χ4n) is 5.96. The molecule has 1 saturated heterocycles. The Labute approximate surface area is 204 Å². The summed E-state index contributed by atoms with van der Waals surface area (Å²) in [6, 6.07) is 34.4. The molecule has 4 aromatic carbocycles. The number of likely N-dealkylation sites (N-methyl/N-ethyl adjacent to an activating group) is 1. The average molecular weight is 461 g/mol. The number of nitrogens with zero attached hydrogens (tertiary/aromatic N) is 2. The normalized spacial score (nSPS) is 20.1. The minimum absolute atomic E-state index is 0.137. The third kappa shape index (κ3) is 2.47. The van der Waals surface area contributed by atoms with Gasteiger partial charge in [0.2, 0.25) is 5.91 Å². The number of methoxy groups -OCH3 is 1. The molecule has 0 saturated carbocycles. The summed E-state index contributed by atoms with van der Waals surface area (Å²) in [5.41, 5.74) is 1.34. The Morgan fingerprint density at radius 2 is 1.20 bits per heavy atom. The van der Waals surface area contributed by atoms with Gasteiger partial charge in [0.1, 0.15) is 11.2 Å². The molecule has 1 unspecified atom stereocenters. The van der Waals surface area contributed by atoms with Crippen LogP contribution >= 0.6 is 0 Å². The number of amides is 2. The first-order chi connectivity index (χ1) is 17.1. The fraction of sp³-hybridized carbons (Fsp3) is 0.133. The Hall–Kier alpha value is -4.38. The Bertz CT molecular complexity index is 1390. The van der Waals surface area contributed by atoms with Crippen molar-refractivity contribution in [3.63, 3.8) is 0 Å². The number of hydrogen-bond donors (Lipinski definition) is 0. The Kier molecular flexibility index (Phi) is 4.58. The molecule has 5 heteroatoms. The lowest BCUT2D eigenvalue weighted by molar-refractivity contribution is -0.145. The number of ether oxygens (including phenoxy) is 1. The molecule has 6 rings (SSSR count). The number of carbonyl (C=O) groups excluding carboxylic acids is 2. The Balaban J connectivity index is 1.73. The predicted molar refractivity (Wildman–Crippen MR) is 136 cm³/mol. The zero-order valence-corrected chi connectivity index (χ0v) is 19.5. The van der Waals surface area contributed by atoms with Crippen LogP contribution in [-0.4, -0.2) is 26.0 Å². The van der Waals surface area contributed by atoms with E-state index in [9.17, 15) is 9.59 Å². The van der Waals surface area contributed by atoms with E-state index in [0.29, 0.717) is 11.4 Å². The predicted octanol–water partition coefficient (Wildman–Crippen LogP) is 4.90. The highest BCUT2D eigenvalue weighted by molar-refractivity contribution is 6.28.